The van der Waals surface area contributed by atoms with Crippen LogP contribution in [0.2, 0.25) is 0 Å². The van der Waals surface area contributed by atoms with Gasteiger partial charge < -0.3 is 14.7 Å². The highest BCUT2D eigenvalue weighted by atomic mass is 16.5. The zero-order valence-corrected chi connectivity index (χ0v) is 14.8. The van der Waals surface area contributed by atoms with Crippen molar-refractivity contribution < 1.29 is 14.6 Å². The van der Waals surface area contributed by atoms with Crippen LogP contribution in [0.25, 0.3) is 0 Å². The minimum atomic E-state index is -0.803. The molecule has 6 heteroatoms. The number of amides is 1. The average molecular weight is 345 g/mol. The second kappa shape index (κ2) is 6.94. The second-order valence-corrected chi connectivity index (χ2v) is 7.65. The van der Waals surface area contributed by atoms with Gasteiger partial charge in [-0.2, -0.15) is 0 Å². The molecule has 3 fully saturated rings. The molecule has 1 aromatic rings. The van der Waals surface area contributed by atoms with Crippen LogP contribution in [0, 0.1) is 0 Å². The smallest absolute Gasteiger partial charge is 0.407 e. The number of piperazine rings is 1. The van der Waals surface area contributed by atoms with Gasteiger partial charge in [-0.05, 0) is 18.9 Å². The SMILES string of the molecule is C[C@@H]1CN(Cc2ccccc2)[C@@H](CN2C[C@@H]3C[C@H]2CO3)CN1C(=O)O. The zero-order valence-electron chi connectivity index (χ0n) is 14.8. The Morgan fingerprint density at radius 3 is 2.64 bits per heavy atom. The van der Waals surface area contributed by atoms with Crippen LogP contribution in [0.1, 0.15) is 18.9 Å². The van der Waals surface area contributed by atoms with Gasteiger partial charge >= 0.3 is 6.09 Å². The molecule has 2 bridgehead atoms. The summed E-state index contributed by atoms with van der Waals surface area (Å²) in [5, 5.41) is 9.54. The van der Waals surface area contributed by atoms with Crippen LogP contribution in [0.4, 0.5) is 4.79 Å². The van der Waals surface area contributed by atoms with Crippen molar-refractivity contribution in [3.63, 3.8) is 0 Å². The predicted molar refractivity (Wildman–Crippen MR) is 94.6 cm³/mol. The van der Waals surface area contributed by atoms with Crippen molar-refractivity contribution in [1.29, 1.82) is 0 Å². The first-order valence-electron chi connectivity index (χ1n) is 9.23. The molecule has 1 amide bonds. The van der Waals surface area contributed by atoms with Crippen LogP contribution < -0.4 is 0 Å². The number of fused-ring (bicyclic) bond motifs is 2. The fourth-order valence-electron chi connectivity index (χ4n) is 4.53. The number of ether oxygens (including phenoxy) is 1. The summed E-state index contributed by atoms with van der Waals surface area (Å²) in [6.45, 7) is 6.99. The third-order valence-corrected chi connectivity index (χ3v) is 5.89. The number of rotatable bonds is 4. The quantitative estimate of drug-likeness (QED) is 0.900. The van der Waals surface area contributed by atoms with Gasteiger partial charge in [0.25, 0.3) is 0 Å². The maximum absolute atomic E-state index is 11.6. The third kappa shape index (κ3) is 3.52. The molecule has 3 aliphatic rings. The fourth-order valence-corrected chi connectivity index (χ4v) is 4.53. The lowest BCUT2D eigenvalue weighted by atomic mass is 10.0. The normalized spacial score (nSPS) is 33.1. The molecule has 1 N–H and O–H groups in total. The van der Waals surface area contributed by atoms with Gasteiger partial charge in [-0.25, -0.2) is 4.79 Å². The van der Waals surface area contributed by atoms with Crippen molar-refractivity contribution in [1.82, 2.24) is 14.7 Å². The summed E-state index contributed by atoms with van der Waals surface area (Å²) < 4.78 is 5.71. The number of nitrogens with zero attached hydrogens (tertiary/aromatic N) is 3. The van der Waals surface area contributed by atoms with E-state index in [-0.39, 0.29) is 12.1 Å². The first-order chi connectivity index (χ1) is 12.1. The number of carbonyl (C=O) groups is 1. The van der Waals surface area contributed by atoms with E-state index in [2.05, 4.69) is 34.1 Å². The summed E-state index contributed by atoms with van der Waals surface area (Å²) in [5.41, 5.74) is 1.29. The monoisotopic (exact) mass is 345 g/mol. The molecule has 0 spiro atoms. The van der Waals surface area contributed by atoms with Gasteiger partial charge in [0.05, 0.1) is 12.7 Å². The standard InChI is InChI=1S/C19H27N3O3/c1-14-8-20(9-15-5-3-2-4-6-15)17(11-22(14)19(23)24)10-21-12-18-7-16(21)13-25-18/h2-6,14,16-18H,7-13H2,1H3,(H,23,24)/t14-,16+,17+,18+/m1/s1. The largest absolute Gasteiger partial charge is 0.465 e. The van der Waals surface area contributed by atoms with E-state index in [1.807, 2.05) is 13.0 Å². The van der Waals surface area contributed by atoms with E-state index in [1.54, 1.807) is 4.90 Å². The molecule has 136 valence electrons. The maximum Gasteiger partial charge on any atom is 0.407 e. The van der Waals surface area contributed by atoms with Crippen LogP contribution in [0.15, 0.2) is 30.3 Å². The molecule has 6 nitrogen and oxygen atoms in total. The average Bonchev–Trinajstić information content (AvgIpc) is 3.20. The molecule has 0 aromatic heterocycles. The van der Waals surface area contributed by atoms with E-state index in [4.69, 9.17) is 4.74 Å². The Bertz CT molecular complexity index is 611. The summed E-state index contributed by atoms with van der Waals surface area (Å²) in [7, 11) is 0. The zero-order chi connectivity index (χ0) is 17.4. The topological polar surface area (TPSA) is 56.2 Å². The molecule has 3 aliphatic heterocycles. The minimum Gasteiger partial charge on any atom is -0.465 e. The molecule has 0 aliphatic carbocycles. The van der Waals surface area contributed by atoms with Gasteiger partial charge in [0.15, 0.2) is 0 Å². The highest BCUT2D eigenvalue weighted by Crippen LogP contribution is 2.29. The number of hydrogen-bond donors (Lipinski definition) is 1. The lowest BCUT2D eigenvalue weighted by Gasteiger charge is -2.46. The van der Waals surface area contributed by atoms with Crippen LogP contribution in [0.5, 0.6) is 0 Å². The number of morpholine rings is 1. The van der Waals surface area contributed by atoms with Crippen LogP contribution in [-0.2, 0) is 11.3 Å². The molecule has 3 saturated heterocycles. The van der Waals surface area contributed by atoms with Gasteiger partial charge in [-0.1, -0.05) is 30.3 Å². The first-order valence-corrected chi connectivity index (χ1v) is 9.23. The summed E-state index contributed by atoms with van der Waals surface area (Å²) in [5.74, 6) is 0. The molecule has 25 heavy (non-hydrogen) atoms. The second-order valence-electron chi connectivity index (χ2n) is 7.65. The minimum absolute atomic E-state index is 0.0239. The number of likely N-dealkylation sites (tertiary alicyclic amines) is 1. The van der Waals surface area contributed by atoms with E-state index >= 15 is 0 Å². The van der Waals surface area contributed by atoms with Crippen LogP contribution in [-0.4, -0.2) is 82.9 Å². The summed E-state index contributed by atoms with van der Waals surface area (Å²) >= 11 is 0. The Morgan fingerprint density at radius 2 is 2.00 bits per heavy atom. The molecule has 3 heterocycles. The highest BCUT2D eigenvalue weighted by molar-refractivity contribution is 5.65. The van der Waals surface area contributed by atoms with Crippen LogP contribution >= 0.6 is 0 Å². The highest BCUT2D eigenvalue weighted by Gasteiger charge is 2.42. The number of carboxylic acid groups (broad SMARTS) is 1. The van der Waals surface area contributed by atoms with Gasteiger partial charge in [0, 0.05) is 50.8 Å². The van der Waals surface area contributed by atoms with E-state index in [1.165, 1.54) is 5.56 Å². The molecule has 1 aromatic carbocycles. The van der Waals surface area contributed by atoms with E-state index in [0.29, 0.717) is 18.7 Å². The molecular weight excluding hydrogens is 318 g/mol. The molecule has 4 atom stereocenters. The van der Waals surface area contributed by atoms with Crippen molar-refractivity contribution in [2.45, 2.75) is 44.1 Å². The van der Waals surface area contributed by atoms with E-state index in [0.717, 1.165) is 39.2 Å². The third-order valence-electron chi connectivity index (χ3n) is 5.89. The Balaban J connectivity index is 1.48. The van der Waals surface area contributed by atoms with Crippen molar-refractivity contribution >= 4 is 6.09 Å². The van der Waals surface area contributed by atoms with Gasteiger partial charge in [0.2, 0.25) is 0 Å². The fraction of sp³-hybridized carbons (Fsp3) is 0.632. The van der Waals surface area contributed by atoms with E-state index in [9.17, 15) is 9.90 Å². The van der Waals surface area contributed by atoms with Gasteiger partial charge in [0.1, 0.15) is 0 Å². The number of benzene rings is 1. The van der Waals surface area contributed by atoms with Gasteiger partial charge in [-0.15, -0.1) is 0 Å². The van der Waals surface area contributed by atoms with Crippen molar-refractivity contribution in [3.8, 4) is 0 Å². The van der Waals surface area contributed by atoms with E-state index < -0.39 is 6.09 Å². The maximum atomic E-state index is 11.6. The van der Waals surface area contributed by atoms with Crippen molar-refractivity contribution in [2.24, 2.45) is 0 Å². The Labute approximate surface area is 149 Å². The Morgan fingerprint density at radius 1 is 1.20 bits per heavy atom. The lowest BCUT2D eigenvalue weighted by Crippen LogP contribution is -2.61. The number of hydrogen-bond acceptors (Lipinski definition) is 4. The van der Waals surface area contributed by atoms with Crippen LogP contribution in [0.3, 0.4) is 0 Å². The van der Waals surface area contributed by atoms with Crippen molar-refractivity contribution in [3.05, 3.63) is 35.9 Å². The molecule has 0 saturated carbocycles. The lowest BCUT2D eigenvalue weighted by molar-refractivity contribution is -0.0106. The molecule has 4 rings (SSSR count). The first kappa shape index (κ1) is 16.8. The molecule has 0 unspecified atom stereocenters. The Hall–Kier alpha value is -1.63. The molecule has 0 radical (unpaired) electrons. The molecular formula is C19H27N3O3. The Kier molecular flexibility index (Phi) is 4.67. The summed E-state index contributed by atoms with van der Waals surface area (Å²) in [6, 6.07) is 11.2. The predicted octanol–water partition coefficient (Wildman–Crippen LogP) is 1.71. The summed E-state index contributed by atoms with van der Waals surface area (Å²) in [6.07, 6.45) is 0.707. The summed E-state index contributed by atoms with van der Waals surface area (Å²) in [4.78, 5) is 18.2. The van der Waals surface area contributed by atoms with Crippen molar-refractivity contribution in [2.75, 3.05) is 32.8 Å². The van der Waals surface area contributed by atoms with Gasteiger partial charge in [-0.3, -0.25) is 9.80 Å².